The zero-order valence-corrected chi connectivity index (χ0v) is 13.9. The monoisotopic (exact) mass is 311 g/mol. The zero-order chi connectivity index (χ0) is 15.5. The molecule has 0 unspecified atom stereocenters. The van der Waals surface area contributed by atoms with Crippen molar-refractivity contribution in [3.05, 3.63) is 18.3 Å². The van der Waals surface area contributed by atoms with Crippen molar-refractivity contribution in [3.63, 3.8) is 0 Å². The average Bonchev–Trinajstić information content (AvgIpc) is 2.44. The smallest absolute Gasteiger partial charge is 0.262 e. The van der Waals surface area contributed by atoms with E-state index in [4.69, 9.17) is 0 Å². The van der Waals surface area contributed by atoms with E-state index in [2.05, 4.69) is 24.1 Å². The summed E-state index contributed by atoms with van der Waals surface area (Å²) in [5, 5.41) is 3.31. The fraction of sp³-hybridized carbons (Fsp3) is 0.667. The van der Waals surface area contributed by atoms with E-state index in [1.807, 2.05) is 6.92 Å². The van der Waals surface area contributed by atoms with Crippen LogP contribution in [0.5, 0.6) is 0 Å². The normalized spacial score (nSPS) is 19.4. The molecule has 0 aromatic carbocycles. The lowest BCUT2D eigenvalue weighted by Crippen LogP contribution is -2.43. The SMILES string of the molecule is CCCNc1cccnc1S(=O)(=O)N1CCCC(C)(C)C1. The van der Waals surface area contributed by atoms with Crippen molar-refractivity contribution < 1.29 is 8.42 Å². The summed E-state index contributed by atoms with van der Waals surface area (Å²) in [5.74, 6) is 0. The maximum absolute atomic E-state index is 12.9. The maximum atomic E-state index is 12.9. The largest absolute Gasteiger partial charge is 0.383 e. The molecule has 0 bridgehead atoms. The summed E-state index contributed by atoms with van der Waals surface area (Å²) in [5.41, 5.74) is 0.625. The van der Waals surface area contributed by atoms with E-state index in [0.717, 1.165) is 25.8 Å². The van der Waals surface area contributed by atoms with Crippen LogP contribution in [0.1, 0.15) is 40.0 Å². The van der Waals surface area contributed by atoms with Gasteiger partial charge < -0.3 is 5.32 Å². The molecule has 2 heterocycles. The van der Waals surface area contributed by atoms with Gasteiger partial charge in [-0.05, 0) is 36.8 Å². The van der Waals surface area contributed by atoms with E-state index in [-0.39, 0.29) is 10.4 Å². The van der Waals surface area contributed by atoms with Gasteiger partial charge in [0.15, 0.2) is 5.03 Å². The van der Waals surface area contributed by atoms with Gasteiger partial charge in [0.25, 0.3) is 10.0 Å². The number of pyridine rings is 1. The summed E-state index contributed by atoms with van der Waals surface area (Å²) in [6.45, 7) is 8.14. The number of hydrogen-bond acceptors (Lipinski definition) is 4. The maximum Gasteiger partial charge on any atom is 0.262 e. The highest BCUT2D eigenvalue weighted by Gasteiger charge is 2.35. The molecule has 1 aliphatic rings. The number of nitrogens with zero attached hydrogens (tertiary/aromatic N) is 2. The molecular formula is C15H25N3O2S. The molecule has 5 nitrogen and oxygen atoms in total. The van der Waals surface area contributed by atoms with E-state index in [1.54, 1.807) is 22.6 Å². The molecule has 0 aliphatic carbocycles. The van der Waals surface area contributed by atoms with E-state index in [9.17, 15) is 8.42 Å². The third-order valence-corrected chi connectivity index (χ3v) is 5.59. The Morgan fingerprint density at radius 1 is 1.43 bits per heavy atom. The molecule has 0 spiro atoms. The molecule has 2 rings (SSSR count). The van der Waals surface area contributed by atoms with Gasteiger partial charge in [0.2, 0.25) is 0 Å². The number of aromatic nitrogens is 1. The van der Waals surface area contributed by atoms with Gasteiger partial charge in [-0.1, -0.05) is 20.8 Å². The predicted octanol–water partition coefficient (Wildman–Crippen LogP) is 2.71. The third kappa shape index (κ3) is 3.74. The summed E-state index contributed by atoms with van der Waals surface area (Å²) >= 11 is 0. The highest BCUT2D eigenvalue weighted by atomic mass is 32.2. The molecule has 21 heavy (non-hydrogen) atoms. The molecule has 1 fully saturated rings. The second-order valence-corrected chi connectivity index (χ2v) is 8.24. The molecule has 1 saturated heterocycles. The minimum absolute atomic E-state index is 0.0249. The quantitative estimate of drug-likeness (QED) is 0.908. The first-order chi connectivity index (χ1) is 9.87. The zero-order valence-electron chi connectivity index (χ0n) is 13.1. The summed E-state index contributed by atoms with van der Waals surface area (Å²) in [6, 6.07) is 3.54. The molecule has 0 radical (unpaired) electrons. The molecule has 0 saturated carbocycles. The summed E-state index contributed by atoms with van der Waals surface area (Å²) in [4.78, 5) is 4.13. The molecule has 6 heteroatoms. The summed E-state index contributed by atoms with van der Waals surface area (Å²) in [7, 11) is -3.53. The molecule has 1 N–H and O–H groups in total. The number of anilines is 1. The molecule has 0 amide bonds. The highest BCUT2D eigenvalue weighted by molar-refractivity contribution is 7.89. The van der Waals surface area contributed by atoms with Gasteiger partial charge in [-0.15, -0.1) is 0 Å². The second-order valence-electron chi connectivity index (χ2n) is 6.39. The first kappa shape index (κ1) is 16.2. The van der Waals surface area contributed by atoms with Crippen LogP contribution in [0.15, 0.2) is 23.4 Å². The molecular weight excluding hydrogens is 286 g/mol. The lowest BCUT2D eigenvalue weighted by Gasteiger charge is -2.37. The Bertz CT molecular complexity index is 584. The third-order valence-electron chi connectivity index (χ3n) is 3.79. The fourth-order valence-electron chi connectivity index (χ4n) is 2.69. The second kappa shape index (κ2) is 6.32. The van der Waals surface area contributed by atoms with E-state index < -0.39 is 10.0 Å². The van der Waals surface area contributed by atoms with Crippen LogP contribution in [-0.4, -0.2) is 37.3 Å². The average molecular weight is 311 g/mol. The van der Waals surface area contributed by atoms with Gasteiger partial charge in [-0.3, -0.25) is 0 Å². The van der Waals surface area contributed by atoms with Crippen LogP contribution in [0.3, 0.4) is 0 Å². The summed E-state index contributed by atoms with van der Waals surface area (Å²) < 4.78 is 27.3. The van der Waals surface area contributed by atoms with Gasteiger partial charge in [0.05, 0.1) is 5.69 Å². The molecule has 118 valence electrons. The number of nitrogens with one attached hydrogen (secondary N) is 1. The Balaban J connectivity index is 2.31. The van der Waals surface area contributed by atoms with Gasteiger partial charge in [0, 0.05) is 25.8 Å². The van der Waals surface area contributed by atoms with Crippen LogP contribution in [-0.2, 0) is 10.0 Å². The van der Waals surface area contributed by atoms with Crippen LogP contribution in [0.4, 0.5) is 5.69 Å². The lowest BCUT2D eigenvalue weighted by atomic mass is 9.85. The van der Waals surface area contributed by atoms with Crippen LogP contribution in [0.2, 0.25) is 0 Å². The van der Waals surface area contributed by atoms with Crippen LogP contribution < -0.4 is 5.32 Å². The van der Waals surface area contributed by atoms with E-state index in [0.29, 0.717) is 18.8 Å². The molecule has 1 aromatic heterocycles. The predicted molar refractivity (Wildman–Crippen MR) is 84.8 cm³/mol. The van der Waals surface area contributed by atoms with Gasteiger partial charge in [-0.25, -0.2) is 13.4 Å². The topological polar surface area (TPSA) is 62.3 Å². The minimum Gasteiger partial charge on any atom is -0.383 e. The van der Waals surface area contributed by atoms with Crippen molar-refractivity contribution in [1.29, 1.82) is 0 Å². The van der Waals surface area contributed by atoms with Crippen LogP contribution in [0, 0.1) is 5.41 Å². The minimum atomic E-state index is -3.53. The number of rotatable bonds is 5. The lowest BCUT2D eigenvalue weighted by molar-refractivity contribution is 0.186. The Labute approximate surface area is 127 Å². The van der Waals surface area contributed by atoms with Crippen molar-refractivity contribution in [3.8, 4) is 0 Å². The van der Waals surface area contributed by atoms with E-state index >= 15 is 0 Å². The Morgan fingerprint density at radius 2 is 2.19 bits per heavy atom. The Hall–Kier alpha value is -1.14. The van der Waals surface area contributed by atoms with Crippen molar-refractivity contribution in [2.45, 2.75) is 45.1 Å². The molecule has 0 atom stereocenters. The van der Waals surface area contributed by atoms with Crippen LogP contribution >= 0.6 is 0 Å². The van der Waals surface area contributed by atoms with Gasteiger partial charge in [0.1, 0.15) is 0 Å². The standard InChI is InChI=1S/C15H25N3O2S/c1-4-9-16-13-7-5-10-17-14(13)21(19,20)18-11-6-8-15(2,3)12-18/h5,7,10,16H,4,6,8-9,11-12H2,1-3H3. The van der Waals surface area contributed by atoms with Gasteiger partial charge >= 0.3 is 0 Å². The van der Waals surface area contributed by atoms with E-state index in [1.165, 1.54) is 0 Å². The Morgan fingerprint density at radius 3 is 2.86 bits per heavy atom. The van der Waals surface area contributed by atoms with Crippen molar-refractivity contribution in [1.82, 2.24) is 9.29 Å². The highest BCUT2D eigenvalue weighted by Crippen LogP contribution is 2.32. The first-order valence-electron chi connectivity index (χ1n) is 7.56. The Kier molecular flexibility index (Phi) is 4.88. The van der Waals surface area contributed by atoms with Crippen molar-refractivity contribution >= 4 is 15.7 Å². The van der Waals surface area contributed by atoms with Crippen molar-refractivity contribution in [2.24, 2.45) is 5.41 Å². The number of hydrogen-bond donors (Lipinski definition) is 1. The van der Waals surface area contributed by atoms with Crippen molar-refractivity contribution in [2.75, 3.05) is 25.0 Å². The fourth-order valence-corrected chi connectivity index (χ4v) is 4.43. The number of piperidine rings is 1. The van der Waals surface area contributed by atoms with Gasteiger partial charge in [-0.2, -0.15) is 4.31 Å². The molecule has 1 aromatic rings. The number of sulfonamides is 1. The van der Waals surface area contributed by atoms with Crippen LogP contribution in [0.25, 0.3) is 0 Å². The molecule has 1 aliphatic heterocycles. The first-order valence-corrected chi connectivity index (χ1v) is 9.00. The summed E-state index contributed by atoms with van der Waals surface area (Å²) in [6.07, 6.45) is 4.43.